The first kappa shape index (κ1) is 22.8. The van der Waals surface area contributed by atoms with Crippen molar-refractivity contribution in [3.63, 3.8) is 0 Å². The molecule has 0 radical (unpaired) electrons. The van der Waals surface area contributed by atoms with Crippen molar-refractivity contribution in [1.29, 1.82) is 0 Å². The van der Waals surface area contributed by atoms with E-state index in [2.05, 4.69) is 10.6 Å². The highest BCUT2D eigenvalue weighted by molar-refractivity contribution is 5.95. The maximum absolute atomic E-state index is 12.5. The van der Waals surface area contributed by atoms with Crippen molar-refractivity contribution in [2.24, 2.45) is 0 Å². The Morgan fingerprint density at radius 3 is 2.44 bits per heavy atom. The molecule has 1 amide bonds. The summed E-state index contributed by atoms with van der Waals surface area (Å²) < 4.78 is 10.7. The van der Waals surface area contributed by atoms with Crippen LogP contribution in [0.15, 0.2) is 72.8 Å². The molecule has 166 valence electrons. The average Bonchev–Trinajstić information content (AvgIpc) is 2.82. The number of ether oxygens (including phenoxy) is 2. The molecule has 0 fully saturated rings. The van der Waals surface area contributed by atoms with Gasteiger partial charge in [-0.1, -0.05) is 42.5 Å². The number of nitrogens with zero attached hydrogens (tertiary/aromatic N) is 1. The Morgan fingerprint density at radius 1 is 1.00 bits per heavy atom. The third-order valence-electron chi connectivity index (χ3n) is 4.70. The van der Waals surface area contributed by atoms with Crippen LogP contribution in [0.1, 0.15) is 21.5 Å². The fourth-order valence-corrected chi connectivity index (χ4v) is 2.99. The van der Waals surface area contributed by atoms with Crippen LogP contribution in [-0.2, 0) is 17.9 Å². The second kappa shape index (κ2) is 11.5. The van der Waals surface area contributed by atoms with Gasteiger partial charge in [-0.2, -0.15) is 0 Å². The molecular formula is C24H25N3O5. The Balaban J connectivity index is 1.55. The van der Waals surface area contributed by atoms with Crippen LogP contribution in [0.4, 0.5) is 11.4 Å². The first-order valence-corrected chi connectivity index (χ1v) is 10.1. The molecule has 3 aromatic rings. The Labute approximate surface area is 186 Å². The summed E-state index contributed by atoms with van der Waals surface area (Å²) in [5.74, 6) is 0.345. The number of hydrogen-bond donors (Lipinski definition) is 2. The Bertz CT molecular complexity index is 1040. The number of amides is 1. The van der Waals surface area contributed by atoms with Gasteiger partial charge in [-0.15, -0.1) is 0 Å². The highest BCUT2D eigenvalue weighted by Crippen LogP contribution is 2.25. The molecule has 3 aromatic carbocycles. The number of methoxy groups -OCH3 is 1. The largest absolute Gasteiger partial charge is 0.489 e. The van der Waals surface area contributed by atoms with E-state index in [9.17, 15) is 14.9 Å². The normalized spacial score (nSPS) is 10.4. The zero-order valence-corrected chi connectivity index (χ0v) is 17.7. The van der Waals surface area contributed by atoms with Gasteiger partial charge in [0.1, 0.15) is 18.0 Å². The SMILES string of the molecule is COCCNc1ccc(C(=O)NCc2ccc(OCc3ccccc3)cc2)cc1[N+](=O)[O-]. The quantitative estimate of drug-likeness (QED) is 0.266. The maximum Gasteiger partial charge on any atom is 0.293 e. The van der Waals surface area contributed by atoms with Crippen molar-refractivity contribution in [2.45, 2.75) is 13.2 Å². The van der Waals surface area contributed by atoms with Gasteiger partial charge in [0.15, 0.2) is 0 Å². The van der Waals surface area contributed by atoms with E-state index in [1.165, 1.54) is 12.1 Å². The number of nitro groups is 1. The molecule has 0 aliphatic rings. The molecule has 0 bridgehead atoms. The minimum Gasteiger partial charge on any atom is -0.489 e. The number of benzene rings is 3. The fraction of sp³-hybridized carbons (Fsp3) is 0.208. The molecule has 0 atom stereocenters. The van der Waals surface area contributed by atoms with E-state index >= 15 is 0 Å². The maximum atomic E-state index is 12.5. The minimum absolute atomic E-state index is 0.159. The van der Waals surface area contributed by atoms with Crippen LogP contribution in [0.25, 0.3) is 0 Å². The molecule has 0 aliphatic carbocycles. The lowest BCUT2D eigenvalue weighted by atomic mass is 10.1. The molecule has 0 aromatic heterocycles. The number of nitrogens with one attached hydrogen (secondary N) is 2. The zero-order chi connectivity index (χ0) is 22.8. The van der Waals surface area contributed by atoms with Gasteiger partial charge in [-0.05, 0) is 35.4 Å². The minimum atomic E-state index is -0.514. The fourth-order valence-electron chi connectivity index (χ4n) is 2.99. The summed E-state index contributed by atoms with van der Waals surface area (Å²) >= 11 is 0. The molecule has 0 aliphatic heterocycles. The van der Waals surface area contributed by atoms with Gasteiger partial charge in [0, 0.05) is 31.8 Å². The van der Waals surface area contributed by atoms with E-state index in [0.29, 0.717) is 32.0 Å². The third kappa shape index (κ3) is 6.55. The number of hydrogen-bond acceptors (Lipinski definition) is 6. The van der Waals surface area contributed by atoms with Crippen molar-refractivity contribution < 1.29 is 19.2 Å². The van der Waals surface area contributed by atoms with Crippen LogP contribution in [0.2, 0.25) is 0 Å². The van der Waals surface area contributed by atoms with Gasteiger partial charge in [-0.25, -0.2) is 0 Å². The van der Waals surface area contributed by atoms with Crippen molar-refractivity contribution in [2.75, 3.05) is 25.6 Å². The number of nitro benzene ring substituents is 1. The van der Waals surface area contributed by atoms with Crippen LogP contribution >= 0.6 is 0 Å². The lowest BCUT2D eigenvalue weighted by molar-refractivity contribution is -0.384. The van der Waals surface area contributed by atoms with E-state index in [1.54, 1.807) is 13.2 Å². The van der Waals surface area contributed by atoms with Gasteiger partial charge < -0.3 is 20.1 Å². The number of anilines is 1. The Kier molecular flexibility index (Phi) is 8.16. The molecule has 0 unspecified atom stereocenters. The molecular weight excluding hydrogens is 410 g/mol. The van der Waals surface area contributed by atoms with Crippen LogP contribution < -0.4 is 15.4 Å². The lowest BCUT2D eigenvalue weighted by Gasteiger charge is -2.10. The molecule has 8 nitrogen and oxygen atoms in total. The topological polar surface area (TPSA) is 103 Å². The van der Waals surface area contributed by atoms with Crippen LogP contribution in [0.5, 0.6) is 5.75 Å². The summed E-state index contributed by atoms with van der Waals surface area (Å²) in [4.78, 5) is 23.4. The molecule has 0 saturated heterocycles. The van der Waals surface area contributed by atoms with Crippen LogP contribution in [0.3, 0.4) is 0 Å². The van der Waals surface area contributed by atoms with Crippen molar-refractivity contribution in [1.82, 2.24) is 5.32 Å². The van der Waals surface area contributed by atoms with Crippen molar-refractivity contribution >= 4 is 17.3 Å². The van der Waals surface area contributed by atoms with E-state index in [-0.39, 0.29) is 17.2 Å². The first-order chi connectivity index (χ1) is 15.6. The monoisotopic (exact) mass is 435 g/mol. The summed E-state index contributed by atoms with van der Waals surface area (Å²) in [7, 11) is 1.55. The van der Waals surface area contributed by atoms with Gasteiger partial charge >= 0.3 is 0 Å². The van der Waals surface area contributed by atoms with Crippen LogP contribution in [-0.4, -0.2) is 31.1 Å². The lowest BCUT2D eigenvalue weighted by Crippen LogP contribution is -2.23. The van der Waals surface area contributed by atoms with Gasteiger partial charge in [0.25, 0.3) is 11.6 Å². The van der Waals surface area contributed by atoms with Gasteiger partial charge in [-0.3, -0.25) is 14.9 Å². The van der Waals surface area contributed by atoms with E-state index in [1.807, 2.05) is 54.6 Å². The highest BCUT2D eigenvalue weighted by atomic mass is 16.6. The standard InChI is InChI=1S/C24H25N3O5/c1-31-14-13-25-22-12-9-20(15-23(22)27(29)30)24(28)26-16-18-7-10-21(11-8-18)32-17-19-5-3-2-4-6-19/h2-12,15,25H,13-14,16-17H2,1H3,(H,26,28). The molecule has 0 saturated carbocycles. The molecule has 3 rings (SSSR count). The molecule has 32 heavy (non-hydrogen) atoms. The average molecular weight is 435 g/mol. The highest BCUT2D eigenvalue weighted by Gasteiger charge is 2.17. The number of rotatable bonds is 11. The van der Waals surface area contributed by atoms with Gasteiger partial charge in [0.2, 0.25) is 0 Å². The zero-order valence-electron chi connectivity index (χ0n) is 17.7. The van der Waals surface area contributed by atoms with Gasteiger partial charge in [0.05, 0.1) is 11.5 Å². The molecule has 2 N–H and O–H groups in total. The predicted octanol–water partition coefficient (Wildman–Crippen LogP) is 4.16. The van der Waals surface area contributed by atoms with E-state index in [0.717, 1.165) is 16.9 Å². The van der Waals surface area contributed by atoms with E-state index < -0.39 is 4.92 Å². The predicted molar refractivity (Wildman–Crippen MR) is 122 cm³/mol. The first-order valence-electron chi connectivity index (χ1n) is 10.1. The van der Waals surface area contributed by atoms with Crippen molar-refractivity contribution in [3.8, 4) is 5.75 Å². The molecule has 8 heteroatoms. The summed E-state index contributed by atoms with van der Waals surface area (Å²) in [5, 5.41) is 17.1. The second-order valence-electron chi connectivity index (χ2n) is 7.01. The summed E-state index contributed by atoms with van der Waals surface area (Å²) in [6.45, 7) is 1.61. The third-order valence-corrected chi connectivity index (χ3v) is 4.70. The Morgan fingerprint density at radius 2 is 1.75 bits per heavy atom. The van der Waals surface area contributed by atoms with E-state index in [4.69, 9.17) is 9.47 Å². The number of carbonyl (C=O) groups is 1. The van der Waals surface area contributed by atoms with Crippen LogP contribution in [0, 0.1) is 10.1 Å². The molecule has 0 heterocycles. The smallest absolute Gasteiger partial charge is 0.293 e. The second-order valence-corrected chi connectivity index (χ2v) is 7.01. The Hall–Kier alpha value is -3.91. The summed E-state index contributed by atoms with van der Waals surface area (Å²) in [5.41, 5.74) is 2.37. The summed E-state index contributed by atoms with van der Waals surface area (Å²) in [6.07, 6.45) is 0. The molecule has 0 spiro atoms. The number of carbonyl (C=O) groups excluding carboxylic acids is 1. The summed E-state index contributed by atoms with van der Waals surface area (Å²) in [6, 6.07) is 21.6. The van der Waals surface area contributed by atoms with Crippen molar-refractivity contribution in [3.05, 3.63) is 99.6 Å².